The van der Waals surface area contributed by atoms with E-state index in [1.165, 1.54) is 4.31 Å². The van der Waals surface area contributed by atoms with Gasteiger partial charge in [-0.3, -0.25) is 4.79 Å². The van der Waals surface area contributed by atoms with Crippen LogP contribution in [0.2, 0.25) is 5.02 Å². The van der Waals surface area contributed by atoms with E-state index in [1.807, 2.05) is 42.5 Å². The Morgan fingerprint density at radius 3 is 2.43 bits per heavy atom. The molecule has 0 unspecified atom stereocenters. The van der Waals surface area contributed by atoms with Crippen LogP contribution in [0.3, 0.4) is 0 Å². The topological polar surface area (TPSA) is 82.9 Å². The van der Waals surface area contributed by atoms with Crippen molar-refractivity contribution in [1.82, 2.24) is 9.62 Å². The number of furan rings is 1. The molecule has 1 aliphatic rings. The van der Waals surface area contributed by atoms with Gasteiger partial charge in [0.25, 0.3) is 5.91 Å². The van der Waals surface area contributed by atoms with Crippen LogP contribution in [0.25, 0.3) is 11.0 Å². The maximum Gasteiger partial charge on any atom is 0.287 e. The number of carbonyl (C=O) groups is 1. The number of benzene rings is 2. The molecule has 1 amide bonds. The van der Waals surface area contributed by atoms with E-state index in [2.05, 4.69) is 10.2 Å². The molecule has 1 fully saturated rings. The quantitative estimate of drug-likeness (QED) is 0.628. The number of carbonyl (C=O) groups excluding carboxylic acids is 1. The summed E-state index contributed by atoms with van der Waals surface area (Å²) in [5.41, 5.74) is 1.64. The van der Waals surface area contributed by atoms with Gasteiger partial charge in [0.05, 0.1) is 5.75 Å². The Kier molecular flexibility index (Phi) is 5.99. The van der Waals surface area contributed by atoms with Crippen LogP contribution >= 0.6 is 11.6 Å². The predicted molar refractivity (Wildman–Crippen MR) is 118 cm³/mol. The zero-order valence-corrected chi connectivity index (χ0v) is 17.8. The Labute approximate surface area is 180 Å². The number of hydrogen-bond acceptors (Lipinski definition) is 5. The van der Waals surface area contributed by atoms with Gasteiger partial charge in [-0.15, -0.1) is 0 Å². The van der Waals surface area contributed by atoms with Crippen LogP contribution in [-0.4, -0.2) is 57.1 Å². The highest BCUT2D eigenvalue weighted by Crippen LogP contribution is 2.21. The molecular formula is C21H22ClN3O4S. The van der Waals surface area contributed by atoms with Gasteiger partial charge in [-0.05, 0) is 36.4 Å². The number of nitrogens with one attached hydrogen (secondary N) is 1. The highest BCUT2D eigenvalue weighted by Gasteiger charge is 2.27. The van der Waals surface area contributed by atoms with Gasteiger partial charge in [0.2, 0.25) is 10.0 Å². The number of anilines is 1. The van der Waals surface area contributed by atoms with Gasteiger partial charge in [-0.2, -0.15) is 4.31 Å². The fourth-order valence-corrected chi connectivity index (χ4v) is 4.94. The van der Waals surface area contributed by atoms with Crippen molar-refractivity contribution in [3.8, 4) is 0 Å². The molecule has 7 nitrogen and oxygen atoms in total. The monoisotopic (exact) mass is 447 g/mol. The molecule has 2 heterocycles. The Morgan fingerprint density at radius 2 is 1.73 bits per heavy atom. The molecule has 0 saturated carbocycles. The number of fused-ring (bicyclic) bond motifs is 1. The second-order valence-electron chi connectivity index (χ2n) is 7.08. The molecule has 1 aliphatic heterocycles. The van der Waals surface area contributed by atoms with Gasteiger partial charge in [-0.25, -0.2) is 8.42 Å². The molecule has 4 rings (SSSR count). The largest absolute Gasteiger partial charge is 0.451 e. The number of halogens is 1. The van der Waals surface area contributed by atoms with Crippen molar-refractivity contribution < 1.29 is 17.6 Å². The number of hydrogen-bond donors (Lipinski definition) is 1. The molecule has 2 aromatic carbocycles. The maximum absolute atomic E-state index is 12.6. The third-order valence-electron chi connectivity index (χ3n) is 5.12. The third kappa shape index (κ3) is 4.61. The van der Waals surface area contributed by atoms with Gasteiger partial charge in [0, 0.05) is 48.8 Å². The van der Waals surface area contributed by atoms with Crippen molar-refractivity contribution in [2.24, 2.45) is 0 Å². The summed E-state index contributed by atoms with van der Waals surface area (Å²) in [6, 6.07) is 16.5. The molecule has 1 saturated heterocycles. The van der Waals surface area contributed by atoms with E-state index < -0.39 is 15.9 Å². The van der Waals surface area contributed by atoms with Crippen molar-refractivity contribution >= 4 is 44.2 Å². The summed E-state index contributed by atoms with van der Waals surface area (Å²) in [5.74, 6) is -0.404. The van der Waals surface area contributed by atoms with E-state index in [1.54, 1.807) is 12.1 Å². The Morgan fingerprint density at radius 1 is 1.03 bits per heavy atom. The van der Waals surface area contributed by atoms with Gasteiger partial charge in [0.1, 0.15) is 5.58 Å². The predicted octanol–water partition coefficient (Wildman–Crippen LogP) is 2.97. The van der Waals surface area contributed by atoms with Crippen LogP contribution in [0.5, 0.6) is 0 Å². The second kappa shape index (κ2) is 8.67. The lowest BCUT2D eigenvalue weighted by Gasteiger charge is -2.35. The van der Waals surface area contributed by atoms with E-state index in [0.717, 1.165) is 11.1 Å². The van der Waals surface area contributed by atoms with E-state index in [-0.39, 0.29) is 18.1 Å². The van der Waals surface area contributed by atoms with Crippen molar-refractivity contribution in [3.63, 3.8) is 0 Å². The molecule has 9 heteroatoms. The van der Waals surface area contributed by atoms with Gasteiger partial charge >= 0.3 is 0 Å². The van der Waals surface area contributed by atoms with Crippen molar-refractivity contribution in [3.05, 3.63) is 65.4 Å². The van der Waals surface area contributed by atoms with Crippen LogP contribution < -0.4 is 10.2 Å². The summed E-state index contributed by atoms with van der Waals surface area (Å²) in [5, 5.41) is 4.13. The zero-order valence-electron chi connectivity index (χ0n) is 16.3. The minimum absolute atomic E-state index is 0.0234. The maximum atomic E-state index is 12.6. The van der Waals surface area contributed by atoms with Crippen LogP contribution in [0, 0.1) is 0 Å². The number of amides is 1. The van der Waals surface area contributed by atoms with E-state index in [0.29, 0.717) is 36.8 Å². The Balaban J connectivity index is 1.28. The van der Waals surface area contributed by atoms with Gasteiger partial charge < -0.3 is 14.6 Å². The number of para-hydroxylation sites is 1. The third-order valence-corrected chi connectivity index (χ3v) is 7.24. The molecule has 0 radical (unpaired) electrons. The van der Waals surface area contributed by atoms with Gasteiger partial charge in [-0.1, -0.05) is 29.8 Å². The SMILES string of the molecule is O=C(NCCS(=O)(=O)N1CCN(c2ccc(Cl)cc2)CC1)c1cc2ccccc2o1. The number of sulfonamides is 1. The minimum Gasteiger partial charge on any atom is -0.451 e. The van der Waals surface area contributed by atoms with Crippen LogP contribution in [0.4, 0.5) is 5.69 Å². The summed E-state index contributed by atoms with van der Waals surface area (Å²) in [6.07, 6.45) is 0. The molecule has 0 aliphatic carbocycles. The van der Waals surface area contributed by atoms with Crippen LogP contribution in [0.15, 0.2) is 59.0 Å². The Hall–Kier alpha value is -2.55. The summed E-state index contributed by atoms with van der Waals surface area (Å²) in [7, 11) is -3.46. The fourth-order valence-electron chi connectivity index (χ4n) is 3.48. The van der Waals surface area contributed by atoms with Crippen LogP contribution in [-0.2, 0) is 10.0 Å². The lowest BCUT2D eigenvalue weighted by Crippen LogP contribution is -2.50. The first-order valence-corrected chi connectivity index (χ1v) is 11.7. The highest BCUT2D eigenvalue weighted by atomic mass is 35.5. The second-order valence-corrected chi connectivity index (χ2v) is 9.61. The van der Waals surface area contributed by atoms with Gasteiger partial charge in [0.15, 0.2) is 5.76 Å². The first-order valence-electron chi connectivity index (χ1n) is 9.67. The van der Waals surface area contributed by atoms with Crippen molar-refractivity contribution in [2.45, 2.75) is 0 Å². The van der Waals surface area contributed by atoms with E-state index in [4.69, 9.17) is 16.0 Å². The molecule has 0 spiro atoms. The molecule has 30 heavy (non-hydrogen) atoms. The molecule has 158 valence electrons. The number of rotatable bonds is 6. The van der Waals surface area contributed by atoms with Crippen molar-refractivity contribution in [1.29, 1.82) is 0 Å². The lowest BCUT2D eigenvalue weighted by molar-refractivity contribution is 0.0930. The summed E-state index contributed by atoms with van der Waals surface area (Å²) >= 11 is 5.92. The Bertz CT molecular complexity index is 1100. The standard InChI is InChI=1S/C21H22ClN3O4S/c22-17-5-7-18(8-6-17)24-10-12-25(13-11-24)30(27,28)14-9-23-21(26)20-15-16-3-1-2-4-19(16)29-20/h1-8,15H,9-14H2,(H,23,26). The van der Waals surface area contributed by atoms with Crippen molar-refractivity contribution in [2.75, 3.05) is 43.4 Å². The van der Waals surface area contributed by atoms with E-state index in [9.17, 15) is 13.2 Å². The number of nitrogens with zero attached hydrogens (tertiary/aromatic N) is 2. The van der Waals surface area contributed by atoms with E-state index >= 15 is 0 Å². The average molecular weight is 448 g/mol. The fraction of sp³-hybridized carbons (Fsp3) is 0.286. The lowest BCUT2D eigenvalue weighted by atomic mass is 10.2. The molecule has 0 atom stereocenters. The van der Waals surface area contributed by atoms with Crippen LogP contribution in [0.1, 0.15) is 10.6 Å². The molecule has 3 aromatic rings. The normalized spacial score (nSPS) is 15.4. The molecule has 1 N–H and O–H groups in total. The molecule has 1 aromatic heterocycles. The molecular weight excluding hydrogens is 426 g/mol. The summed E-state index contributed by atoms with van der Waals surface area (Å²) < 4.78 is 32.3. The first kappa shape index (κ1) is 20.7. The average Bonchev–Trinajstić information content (AvgIpc) is 3.19. The number of piperazine rings is 1. The molecule has 0 bridgehead atoms. The summed E-state index contributed by atoms with van der Waals surface area (Å²) in [4.78, 5) is 14.4. The minimum atomic E-state index is -3.46. The highest BCUT2D eigenvalue weighted by molar-refractivity contribution is 7.89. The first-order chi connectivity index (χ1) is 14.4. The summed E-state index contributed by atoms with van der Waals surface area (Å²) in [6.45, 7) is 2.04. The smallest absolute Gasteiger partial charge is 0.287 e. The zero-order chi connectivity index (χ0) is 21.1.